The fourth-order valence-electron chi connectivity index (χ4n) is 4.15. The molecule has 29 heavy (non-hydrogen) atoms. The summed E-state index contributed by atoms with van der Waals surface area (Å²) in [5.41, 5.74) is 1.29. The molecule has 8 heteroatoms. The minimum absolute atomic E-state index is 0.00447. The van der Waals surface area contributed by atoms with E-state index >= 15 is 0 Å². The molecule has 1 N–H and O–H groups in total. The zero-order chi connectivity index (χ0) is 20.2. The Morgan fingerprint density at radius 1 is 1.17 bits per heavy atom. The van der Waals surface area contributed by atoms with Crippen LogP contribution in [-0.2, 0) is 0 Å². The summed E-state index contributed by atoms with van der Waals surface area (Å²) in [6.45, 7) is 6.68. The van der Waals surface area contributed by atoms with Gasteiger partial charge in [0, 0.05) is 45.0 Å². The Morgan fingerprint density at radius 2 is 1.93 bits per heavy atom. The van der Waals surface area contributed by atoms with Crippen LogP contribution in [0.1, 0.15) is 30.6 Å². The molecule has 2 fully saturated rings. The molecule has 1 atom stereocenters. The summed E-state index contributed by atoms with van der Waals surface area (Å²) in [5.74, 6) is 1.73. The number of hydrogen-bond acceptors (Lipinski definition) is 6. The minimum Gasteiger partial charge on any atom is -0.372 e. The third kappa shape index (κ3) is 4.70. The topological polar surface area (TPSA) is 77.7 Å². The quantitative estimate of drug-likeness (QED) is 0.852. The lowest BCUT2D eigenvalue weighted by Gasteiger charge is -2.38. The first-order valence-corrected chi connectivity index (χ1v) is 10.4. The number of amides is 2. The maximum Gasteiger partial charge on any atom is 0.317 e. The van der Waals surface area contributed by atoms with Crippen LogP contribution < -0.4 is 10.2 Å². The van der Waals surface area contributed by atoms with Crippen LogP contribution in [0.15, 0.2) is 34.9 Å². The van der Waals surface area contributed by atoms with E-state index in [4.69, 9.17) is 4.52 Å². The van der Waals surface area contributed by atoms with Gasteiger partial charge in [-0.2, -0.15) is 4.98 Å². The Kier molecular flexibility index (Phi) is 5.99. The summed E-state index contributed by atoms with van der Waals surface area (Å²) in [6.07, 6.45) is 2.20. The number of piperazine rings is 1. The molecule has 8 nitrogen and oxygen atoms in total. The van der Waals surface area contributed by atoms with Gasteiger partial charge in [0.05, 0.1) is 0 Å². The maximum atomic E-state index is 12.7. The predicted molar refractivity (Wildman–Crippen MR) is 111 cm³/mol. The first kappa shape index (κ1) is 19.7. The van der Waals surface area contributed by atoms with Crippen molar-refractivity contribution in [2.24, 2.45) is 5.92 Å². The van der Waals surface area contributed by atoms with Crippen molar-refractivity contribution in [2.45, 2.75) is 25.8 Å². The van der Waals surface area contributed by atoms with Gasteiger partial charge in [0.2, 0.25) is 5.89 Å². The van der Waals surface area contributed by atoms with E-state index in [1.165, 1.54) is 5.69 Å². The second-order valence-electron chi connectivity index (χ2n) is 8.07. The molecule has 2 aliphatic rings. The molecule has 3 heterocycles. The van der Waals surface area contributed by atoms with Gasteiger partial charge >= 0.3 is 6.03 Å². The lowest BCUT2D eigenvalue weighted by Crippen LogP contribution is -2.53. The van der Waals surface area contributed by atoms with Gasteiger partial charge in [-0.1, -0.05) is 23.4 Å². The number of para-hydroxylation sites is 1. The standard InChI is InChI=1S/C21H30N6O2/c1-16-23-20(29-24-16)19-15-27(13-12-25(19)2)21(28)22-14-17-8-10-26(11-9-17)18-6-4-3-5-7-18/h3-7,17,19H,8-15H2,1-2H3,(H,22,28). The van der Waals surface area contributed by atoms with Gasteiger partial charge in [0.1, 0.15) is 6.04 Å². The highest BCUT2D eigenvalue weighted by Crippen LogP contribution is 2.24. The summed E-state index contributed by atoms with van der Waals surface area (Å²) < 4.78 is 5.34. The van der Waals surface area contributed by atoms with Crippen LogP contribution in [0, 0.1) is 12.8 Å². The zero-order valence-corrected chi connectivity index (χ0v) is 17.3. The number of nitrogens with one attached hydrogen (secondary N) is 1. The monoisotopic (exact) mass is 398 g/mol. The molecule has 1 aromatic carbocycles. The Hall–Kier alpha value is -2.61. The Morgan fingerprint density at radius 3 is 2.62 bits per heavy atom. The highest BCUT2D eigenvalue weighted by molar-refractivity contribution is 5.74. The maximum absolute atomic E-state index is 12.7. The van der Waals surface area contributed by atoms with Crippen LogP contribution in [0.3, 0.4) is 0 Å². The molecule has 2 amide bonds. The highest BCUT2D eigenvalue weighted by atomic mass is 16.5. The van der Waals surface area contributed by atoms with Crippen molar-refractivity contribution < 1.29 is 9.32 Å². The number of urea groups is 1. The minimum atomic E-state index is -0.0511. The van der Waals surface area contributed by atoms with E-state index in [0.717, 1.165) is 39.0 Å². The van der Waals surface area contributed by atoms with Gasteiger partial charge in [0.25, 0.3) is 0 Å². The molecule has 156 valence electrons. The van der Waals surface area contributed by atoms with Crippen molar-refractivity contribution >= 4 is 11.7 Å². The molecule has 1 unspecified atom stereocenters. The van der Waals surface area contributed by atoms with Crippen molar-refractivity contribution in [3.8, 4) is 0 Å². The summed E-state index contributed by atoms with van der Waals surface area (Å²) in [5, 5.41) is 7.04. The lowest BCUT2D eigenvalue weighted by atomic mass is 9.96. The average Bonchev–Trinajstić information content (AvgIpc) is 3.19. The third-order valence-corrected chi connectivity index (χ3v) is 6.04. The van der Waals surface area contributed by atoms with E-state index in [1.54, 1.807) is 0 Å². The molecule has 2 aliphatic heterocycles. The second kappa shape index (κ2) is 8.82. The van der Waals surface area contributed by atoms with Gasteiger partial charge in [-0.05, 0) is 44.9 Å². The van der Waals surface area contributed by atoms with Crippen LogP contribution in [0.25, 0.3) is 0 Å². The molecule has 0 spiro atoms. The molecular weight excluding hydrogens is 368 g/mol. The van der Waals surface area contributed by atoms with E-state index < -0.39 is 0 Å². The molecule has 2 aromatic rings. The number of carbonyl (C=O) groups excluding carboxylic acids is 1. The Bertz CT molecular complexity index is 803. The predicted octanol–water partition coefficient (Wildman–Crippen LogP) is 2.29. The van der Waals surface area contributed by atoms with Crippen LogP contribution in [0.2, 0.25) is 0 Å². The number of hydrogen-bond donors (Lipinski definition) is 1. The Labute approximate surface area is 171 Å². The fraction of sp³-hybridized carbons (Fsp3) is 0.571. The summed E-state index contributed by atoms with van der Waals surface area (Å²) in [4.78, 5) is 23.5. The summed E-state index contributed by atoms with van der Waals surface area (Å²) in [7, 11) is 2.03. The van der Waals surface area contributed by atoms with E-state index in [-0.39, 0.29) is 12.1 Å². The van der Waals surface area contributed by atoms with Crippen molar-refractivity contribution in [2.75, 3.05) is 51.2 Å². The molecule has 0 aliphatic carbocycles. The molecule has 4 rings (SSSR count). The first-order valence-electron chi connectivity index (χ1n) is 10.4. The molecule has 1 aromatic heterocycles. The molecular formula is C21H30N6O2. The van der Waals surface area contributed by atoms with Crippen LogP contribution in [-0.4, -0.2) is 72.3 Å². The second-order valence-corrected chi connectivity index (χ2v) is 8.07. The lowest BCUT2D eigenvalue weighted by molar-refractivity contribution is 0.0906. The number of rotatable bonds is 4. The first-order chi connectivity index (χ1) is 14.1. The number of benzene rings is 1. The van der Waals surface area contributed by atoms with Crippen molar-refractivity contribution in [1.29, 1.82) is 0 Å². The van der Waals surface area contributed by atoms with Crippen LogP contribution in [0.4, 0.5) is 10.5 Å². The smallest absolute Gasteiger partial charge is 0.317 e. The summed E-state index contributed by atoms with van der Waals surface area (Å²) in [6, 6.07) is 10.5. The van der Waals surface area contributed by atoms with Crippen molar-refractivity contribution in [3.05, 3.63) is 42.0 Å². The molecule has 0 radical (unpaired) electrons. The number of carbonyl (C=O) groups is 1. The third-order valence-electron chi connectivity index (χ3n) is 6.04. The summed E-state index contributed by atoms with van der Waals surface area (Å²) >= 11 is 0. The number of likely N-dealkylation sites (N-methyl/N-ethyl adjacent to an activating group) is 1. The van der Waals surface area contributed by atoms with Gasteiger partial charge in [-0.25, -0.2) is 4.79 Å². The fourth-order valence-corrected chi connectivity index (χ4v) is 4.15. The van der Waals surface area contributed by atoms with Crippen molar-refractivity contribution in [3.63, 3.8) is 0 Å². The average molecular weight is 399 g/mol. The van der Waals surface area contributed by atoms with Crippen LogP contribution >= 0.6 is 0 Å². The van der Waals surface area contributed by atoms with Crippen LogP contribution in [0.5, 0.6) is 0 Å². The normalized spacial score (nSPS) is 21.4. The number of aryl methyl sites for hydroxylation is 1. The van der Waals surface area contributed by atoms with E-state index in [9.17, 15) is 4.79 Å². The number of aromatic nitrogens is 2. The van der Waals surface area contributed by atoms with Gasteiger partial charge in [-0.3, -0.25) is 4.90 Å². The van der Waals surface area contributed by atoms with E-state index in [2.05, 4.69) is 49.5 Å². The number of anilines is 1. The van der Waals surface area contributed by atoms with Crippen molar-refractivity contribution in [1.82, 2.24) is 25.3 Å². The molecule has 2 saturated heterocycles. The molecule has 0 bridgehead atoms. The Balaban J connectivity index is 1.25. The number of piperidine rings is 1. The van der Waals surface area contributed by atoms with Gasteiger partial charge in [0.15, 0.2) is 5.82 Å². The van der Waals surface area contributed by atoms with E-state index in [0.29, 0.717) is 30.7 Å². The van der Waals surface area contributed by atoms with Gasteiger partial charge < -0.3 is 19.6 Å². The van der Waals surface area contributed by atoms with E-state index in [1.807, 2.05) is 24.9 Å². The largest absolute Gasteiger partial charge is 0.372 e. The molecule has 0 saturated carbocycles. The van der Waals surface area contributed by atoms with Gasteiger partial charge in [-0.15, -0.1) is 0 Å². The SMILES string of the molecule is Cc1noc(C2CN(C(=O)NCC3CCN(c4ccccc4)CC3)CCN2C)n1. The highest BCUT2D eigenvalue weighted by Gasteiger charge is 2.32. The number of nitrogens with zero attached hydrogens (tertiary/aromatic N) is 5. The zero-order valence-electron chi connectivity index (χ0n) is 17.3.